The third kappa shape index (κ3) is 16.5. The monoisotopic (exact) mass is 1050 g/mol. The van der Waals surface area contributed by atoms with Gasteiger partial charge >= 0.3 is 0 Å². The van der Waals surface area contributed by atoms with Gasteiger partial charge in [0.05, 0.1) is 74.0 Å². The summed E-state index contributed by atoms with van der Waals surface area (Å²) >= 11 is 0. The van der Waals surface area contributed by atoms with Gasteiger partial charge in [0.25, 0.3) is 11.8 Å². The first-order valence-electron chi connectivity index (χ1n) is 25.5. The Morgan fingerprint density at radius 2 is 1.40 bits per heavy atom. The van der Waals surface area contributed by atoms with Crippen molar-refractivity contribution < 1.29 is 33.3 Å². The molecule has 17 heteroatoms. The van der Waals surface area contributed by atoms with Gasteiger partial charge in [-0.1, -0.05) is 73.2 Å². The van der Waals surface area contributed by atoms with E-state index in [9.17, 15) is 19.6 Å². The normalized spacial score (nSPS) is 15.4. The Morgan fingerprint density at radius 3 is 1.99 bits per heavy atom. The number of methoxy groups -OCH3 is 2. The second-order valence-electron chi connectivity index (χ2n) is 18.2. The molecule has 404 valence electrons. The molecule has 0 spiro atoms. The molecule has 5 heterocycles. The highest BCUT2D eigenvalue weighted by atomic mass is 16.5. The Kier molecular flexibility index (Phi) is 23.5. The molecule has 1 fully saturated rings. The number of carbonyl (C=O) groups is 3. The van der Waals surface area contributed by atoms with Crippen LogP contribution in [0.4, 0.5) is 11.4 Å². The zero-order chi connectivity index (χ0) is 56.4. The van der Waals surface area contributed by atoms with Gasteiger partial charge in [-0.15, -0.1) is 0 Å². The summed E-state index contributed by atoms with van der Waals surface area (Å²) < 4.78 is 21.4. The lowest BCUT2D eigenvalue weighted by Crippen LogP contribution is -2.34. The second kappa shape index (κ2) is 30.8. The first kappa shape index (κ1) is 59.5. The number of aliphatic imine (C=N–C) groups is 1. The number of carbonyl (C=O) groups excluding carboxylic acids is 3. The van der Waals surface area contributed by atoms with E-state index >= 15 is 0 Å². The maximum Gasteiger partial charge on any atom is 0.255 e. The van der Waals surface area contributed by atoms with Crippen molar-refractivity contribution in [2.24, 2.45) is 22.4 Å². The van der Waals surface area contributed by atoms with Crippen LogP contribution in [0.5, 0.6) is 23.0 Å². The summed E-state index contributed by atoms with van der Waals surface area (Å²) in [5.41, 5.74) is 18.8. The summed E-state index contributed by atoms with van der Waals surface area (Å²) in [6, 6.07) is 32.0. The predicted octanol–water partition coefficient (Wildman–Crippen LogP) is 9.90. The molecule has 1 aromatic heterocycles. The molecule has 2 unspecified atom stereocenters. The van der Waals surface area contributed by atoms with Crippen LogP contribution in [0.15, 0.2) is 132 Å². The van der Waals surface area contributed by atoms with Crippen molar-refractivity contribution >= 4 is 40.9 Å². The molecule has 5 aromatic rings. The number of para-hydroxylation sites is 2. The number of aromatic nitrogens is 1. The Morgan fingerprint density at radius 1 is 0.782 bits per heavy atom. The minimum atomic E-state index is -0.602. The van der Waals surface area contributed by atoms with Gasteiger partial charge in [-0.05, 0) is 112 Å². The number of pyridine rings is 1. The van der Waals surface area contributed by atoms with Gasteiger partial charge < -0.3 is 45.5 Å². The highest BCUT2D eigenvalue weighted by molar-refractivity contribution is 5.86. The molecular weight excluding hydrogens is 985 g/mol. The number of fused-ring (bicyclic) bond motifs is 2. The molecule has 4 aromatic carbocycles. The van der Waals surface area contributed by atoms with Gasteiger partial charge in [0.1, 0.15) is 28.8 Å². The molecule has 2 atom stereocenters. The number of rotatable bonds is 13. The van der Waals surface area contributed by atoms with Crippen LogP contribution in [0.25, 0.3) is 10.4 Å². The van der Waals surface area contributed by atoms with Gasteiger partial charge in [-0.25, -0.2) is 4.85 Å². The van der Waals surface area contributed by atoms with Crippen molar-refractivity contribution in [1.82, 2.24) is 14.8 Å². The average molecular weight is 1050 g/mol. The van der Waals surface area contributed by atoms with Crippen LogP contribution in [-0.4, -0.2) is 91.8 Å². The highest BCUT2D eigenvalue weighted by Gasteiger charge is 2.42. The Hall–Kier alpha value is -9.40. The molecule has 4 aliphatic rings. The maximum absolute atomic E-state index is 11.4. The molecule has 5 N–H and O–H groups in total. The fraction of sp³-hybridized carbons (Fsp3) is 0.311. The molecule has 0 bridgehead atoms. The largest absolute Gasteiger partial charge is 0.496 e. The van der Waals surface area contributed by atoms with E-state index in [1.807, 2.05) is 119 Å². The van der Waals surface area contributed by atoms with E-state index in [1.165, 1.54) is 58.1 Å². The molecule has 2 amide bonds. The first-order chi connectivity index (χ1) is 37.8. The number of hydrogen-bond acceptors (Lipinski definition) is 14. The number of nitriles is 2. The van der Waals surface area contributed by atoms with Crippen LogP contribution in [-0.2, 0) is 16.0 Å². The van der Waals surface area contributed by atoms with Crippen molar-refractivity contribution in [2.45, 2.75) is 72.3 Å². The smallest absolute Gasteiger partial charge is 0.255 e. The molecule has 17 nitrogen and oxygen atoms in total. The van der Waals surface area contributed by atoms with Crippen molar-refractivity contribution in [2.75, 3.05) is 52.4 Å². The SMILES string of the molecule is C1CCC2=NCCCN2CC1.COc1cccc(OCC(N)=O)c1C1=C(Nc2c(C)cccc2C)N2C=CC=CC2C1C#N.COc1cccc(OCC(N)=O)c1C=O.N#CCc1ccccn1.[C-]#[N+]c1c(C)cccc1C. The van der Waals surface area contributed by atoms with E-state index in [4.69, 9.17) is 42.2 Å². The number of aldehydes is 1. The zero-order valence-electron chi connectivity index (χ0n) is 45.2. The van der Waals surface area contributed by atoms with E-state index < -0.39 is 17.7 Å². The molecule has 0 radical (unpaired) electrons. The summed E-state index contributed by atoms with van der Waals surface area (Å²) in [6.07, 6.45) is 17.2. The number of nitrogens with one attached hydrogen (secondary N) is 1. The first-order valence-corrected chi connectivity index (χ1v) is 25.5. The van der Waals surface area contributed by atoms with E-state index in [1.54, 1.807) is 43.6 Å². The topological polar surface area (TPSA) is 236 Å². The van der Waals surface area contributed by atoms with E-state index in [2.05, 4.69) is 36.0 Å². The van der Waals surface area contributed by atoms with Crippen LogP contribution in [0.2, 0.25) is 0 Å². The fourth-order valence-electron chi connectivity index (χ4n) is 8.96. The van der Waals surface area contributed by atoms with Gasteiger partial charge in [0, 0.05) is 49.7 Å². The van der Waals surface area contributed by atoms with Crippen molar-refractivity contribution in [3.05, 3.63) is 178 Å². The highest BCUT2D eigenvalue weighted by Crippen LogP contribution is 2.48. The summed E-state index contributed by atoms with van der Waals surface area (Å²) in [7, 11) is 3.01. The summed E-state index contributed by atoms with van der Waals surface area (Å²) in [4.78, 5) is 49.2. The number of anilines is 1. The zero-order valence-corrected chi connectivity index (χ0v) is 45.2. The second-order valence-corrected chi connectivity index (χ2v) is 18.2. The standard InChI is InChI=1S/C26H26N4O3.C10H11NO4.C9H16N2.C9H9N.C7H6N2/c1-16-8-6-9-17(2)25(16)29-26-23(18(14-27)19-10-4-5-13-30(19)26)24-20(32-3)11-7-12-21(24)33-15-22(28)31;1-14-8-3-2-4-9(7(8)5-12)15-6-10(11)13;1-2-5-9-10-6-4-8-11(9)7-3-1;1-7-5-4-6-8(2)9(7)10-3;8-5-4-7-3-1-2-6-9-7/h4-13,18-19,29H,15H2,1-3H3,(H2,28,31);2-5H,6H2,1H3,(H2,11,13);1-8H2;4-6H,1-2H3;1-3,6H,4H2. The quantitative estimate of drug-likeness (QED) is 0.0736. The molecule has 1 saturated heterocycles. The molecule has 0 aliphatic carbocycles. The van der Waals surface area contributed by atoms with Gasteiger partial charge in [-0.2, -0.15) is 10.5 Å². The van der Waals surface area contributed by atoms with E-state index in [-0.39, 0.29) is 30.6 Å². The minimum Gasteiger partial charge on any atom is -0.496 e. The number of amidine groups is 1. The number of nitrogens with zero attached hydrogens (tertiary/aromatic N) is 7. The van der Waals surface area contributed by atoms with Crippen molar-refractivity contribution in [3.8, 4) is 35.1 Å². The number of nitrogens with two attached hydrogens (primary N) is 2. The number of amides is 2. The summed E-state index contributed by atoms with van der Waals surface area (Å²) in [6.45, 7) is 17.9. The summed E-state index contributed by atoms with van der Waals surface area (Å²) in [5, 5.41) is 22.1. The Balaban J connectivity index is 0.000000204. The average Bonchev–Trinajstić information content (AvgIpc) is 3.64. The van der Waals surface area contributed by atoms with Gasteiger partial charge in [-0.3, -0.25) is 24.4 Å². The van der Waals surface area contributed by atoms with Crippen LogP contribution in [0.3, 0.4) is 0 Å². The fourth-order valence-corrected chi connectivity index (χ4v) is 8.96. The number of hydrogen-bond donors (Lipinski definition) is 3. The maximum atomic E-state index is 11.4. The van der Waals surface area contributed by atoms with E-state index in [0.717, 1.165) is 57.3 Å². The number of aryl methyl sites for hydroxylation is 4. The lowest BCUT2D eigenvalue weighted by molar-refractivity contribution is -0.120. The molecular formula is C61H68N10O7. The number of ether oxygens (including phenoxy) is 4. The molecule has 9 rings (SSSR count). The molecule has 78 heavy (non-hydrogen) atoms. The lowest BCUT2D eigenvalue weighted by Gasteiger charge is -2.28. The third-order valence-corrected chi connectivity index (χ3v) is 12.7. The van der Waals surface area contributed by atoms with Crippen LogP contribution < -0.4 is 35.7 Å². The Labute approximate surface area is 457 Å². The lowest BCUT2D eigenvalue weighted by atomic mass is 9.89. The van der Waals surface area contributed by atoms with Crippen molar-refractivity contribution in [1.29, 1.82) is 10.5 Å². The van der Waals surface area contributed by atoms with Gasteiger partial charge in [0.2, 0.25) is 0 Å². The molecule has 0 saturated carbocycles. The van der Waals surface area contributed by atoms with E-state index in [0.29, 0.717) is 35.5 Å². The number of primary amides is 2. The minimum absolute atomic E-state index is 0.198. The summed E-state index contributed by atoms with van der Waals surface area (Å²) in [5.74, 6) is 2.11. The number of allylic oxidation sites excluding steroid dienone is 2. The van der Waals surface area contributed by atoms with Gasteiger partial charge in [0.15, 0.2) is 25.2 Å². The predicted molar refractivity (Wildman–Crippen MR) is 303 cm³/mol. The molecule has 4 aliphatic heterocycles. The number of benzene rings is 4. The van der Waals surface area contributed by atoms with Crippen molar-refractivity contribution in [3.63, 3.8) is 0 Å². The van der Waals surface area contributed by atoms with Crippen LogP contribution in [0.1, 0.15) is 76.0 Å². The Bertz CT molecular complexity index is 3070. The van der Waals surface area contributed by atoms with Crippen LogP contribution in [0, 0.1) is 62.8 Å². The van der Waals surface area contributed by atoms with Crippen LogP contribution >= 0.6 is 0 Å². The third-order valence-electron chi connectivity index (χ3n) is 12.7.